The quantitative estimate of drug-likeness (QED) is 0.832. The number of nitrogens with zero attached hydrogens (tertiary/aromatic N) is 1. The normalized spacial score (nSPS) is 20.0. The highest BCUT2D eigenvalue weighted by atomic mass is 35.5. The Labute approximate surface area is 113 Å². The highest BCUT2D eigenvalue weighted by Gasteiger charge is 2.16. The number of nitrogens with two attached hydrogens (primary N) is 1. The van der Waals surface area contributed by atoms with Gasteiger partial charge in [0.1, 0.15) is 12.4 Å². The van der Waals surface area contributed by atoms with E-state index >= 15 is 0 Å². The minimum absolute atomic E-state index is 0.354. The van der Waals surface area contributed by atoms with Crippen LogP contribution in [0.3, 0.4) is 0 Å². The molecular formula is C14H19ClN2O. The lowest BCUT2D eigenvalue weighted by molar-refractivity contribution is 0.180. The average Bonchev–Trinajstić information content (AvgIpc) is 2.41. The molecule has 3 nitrogen and oxygen atoms in total. The maximum atomic E-state index is 5.82. The predicted octanol–water partition coefficient (Wildman–Crippen LogP) is 2.31. The topological polar surface area (TPSA) is 38.5 Å². The first-order valence-electron chi connectivity index (χ1n) is 6.29. The number of hydrogen-bond acceptors (Lipinski definition) is 3. The van der Waals surface area contributed by atoms with Crippen LogP contribution in [0, 0.1) is 0 Å². The van der Waals surface area contributed by atoms with Crippen LogP contribution in [0.4, 0.5) is 0 Å². The number of halogens is 1. The van der Waals surface area contributed by atoms with Crippen LogP contribution in [0.2, 0.25) is 5.02 Å². The molecule has 0 radical (unpaired) electrons. The summed E-state index contributed by atoms with van der Waals surface area (Å²) in [6, 6.07) is 7.80. The molecule has 0 aromatic heterocycles. The van der Waals surface area contributed by atoms with E-state index in [1.165, 1.54) is 0 Å². The molecule has 0 amide bonds. The fraction of sp³-hybridized carbons (Fsp3) is 0.429. The fourth-order valence-corrected chi connectivity index (χ4v) is 2.22. The molecule has 1 unspecified atom stereocenters. The molecule has 1 aromatic carbocycles. The first-order chi connectivity index (χ1) is 8.79. The molecule has 4 heteroatoms. The standard InChI is InChI=1S/C14H19ClN2O/c15-12-4-6-14(7-5-12)18-10-9-17-8-2-1-3-13(17)11-16/h1,3-7,13H,2,8-11,16H2. The zero-order valence-corrected chi connectivity index (χ0v) is 11.1. The Morgan fingerprint density at radius 1 is 1.33 bits per heavy atom. The summed E-state index contributed by atoms with van der Waals surface area (Å²) in [7, 11) is 0. The summed E-state index contributed by atoms with van der Waals surface area (Å²) in [6.07, 6.45) is 5.48. The van der Waals surface area contributed by atoms with E-state index in [2.05, 4.69) is 17.1 Å². The first-order valence-corrected chi connectivity index (χ1v) is 6.66. The van der Waals surface area contributed by atoms with Crippen molar-refractivity contribution in [3.8, 4) is 5.75 Å². The number of benzene rings is 1. The molecule has 1 aliphatic rings. The van der Waals surface area contributed by atoms with Crippen LogP contribution in [-0.2, 0) is 0 Å². The van der Waals surface area contributed by atoms with Gasteiger partial charge < -0.3 is 10.5 Å². The van der Waals surface area contributed by atoms with Gasteiger partial charge in [0.2, 0.25) is 0 Å². The molecule has 0 saturated carbocycles. The van der Waals surface area contributed by atoms with Gasteiger partial charge in [-0.05, 0) is 30.7 Å². The van der Waals surface area contributed by atoms with Crippen LogP contribution in [-0.4, -0.2) is 37.2 Å². The van der Waals surface area contributed by atoms with Gasteiger partial charge in [-0.3, -0.25) is 4.90 Å². The first kappa shape index (κ1) is 13.4. The summed E-state index contributed by atoms with van der Waals surface area (Å²) in [6.45, 7) is 3.29. The highest BCUT2D eigenvalue weighted by Crippen LogP contribution is 2.16. The van der Waals surface area contributed by atoms with Gasteiger partial charge in [0.05, 0.1) is 0 Å². The van der Waals surface area contributed by atoms with Crippen molar-refractivity contribution in [3.05, 3.63) is 41.4 Å². The Hall–Kier alpha value is -1.03. The SMILES string of the molecule is NCC1C=CCCN1CCOc1ccc(Cl)cc1. The minimum atomic E-state index is 0.354. The van der Waals surface area contributed by atoms with E-state index < -0.39 is 0 Å². The van der Waals surface area contributed by atoms with Crippen LogP contribution in [0.25, 0.3) is 0 Å². The van der Waals surface area contributed by atoms with Gasteiger partial charge in [-0.25, -0.2) is 0 Å². The van der Waals surface area contributed by atoms with Gasteiger partial charge in [0, 0.05) is 30.7 Å². The van der Waals surface area contributed by atoms with E-state index in [1.54, 1.807) is 0 Å². The lowest BCUT2D eigenvalue weighted by Crippen LogP contribution is -2.43. The second-order valence-corrected chi connectivity index (χ2v) is 4.79. The Morgan fingerprint density at radius 2 is 2.11 bits per heavy atom. The molecule has 0 spiro atoms. The predicted molar refractivity (Wildman–Crippen MR) is 75.1 cm³/mol. The summed E-state index contributed by atoms with van der Waals surface area (Å²) in [4.78, 5) is 2.36. The van der Waals surface area contributed by atoms with Crippen molar-refractivity contribution >= 4 is 11.6 Å². The molecule has 0 fully saturated rings. The number of rotatable bonds is 5. The number of hydrogen-bond donors (Lipinski definition) is 1. The van der Waals surface area contributed by atoms with E-state index in [-0.39, 0.29) is 0 Å². The third-order valence-electron chi connectivity index (χ3n) is 3.11. The molecular weight excluding hydrogens is 248 g/mol. The van der Waals surface area contributed by atoms with Crippen molar-refractivity contribution in [2.24, 2.45) is 5.73 Å². The van der Waals surface area contributed by atoms with Gasteiger partial charge >= 0.3 is 0 Å². The molecule has 1 atom stereocenters. The zero-order valence-electron chi connectivity index (χ0n) is 10.4. The van der Waals surface area contributed by atoms with Crippen molar-refractivity contribution in [2.45, 2.75) is 12.5 Å². The Bertz CT molecular complexity index is 391. The lowest BCUT2D eigenvalue weighted by atomic mass is 10.1. The summed E-state index contributed by atoms with van der Waals surface area (Å²) >= 11 is 5.82. The third kappa shape index (κ3) is 3.73. The van der Waals surface area contributed by atoms with Crippen molar-refractivity contribution < 1.29 is 4.74 Å². The Morgan fingerprint density at radius 3 is 2.83 bits per heavy atom. The molecule has 0 bridgehead atoms. The molecule has 2 N–H and O–H groups in total. The molecule has 0 saturated heterocycles. The molecule has 18 heavy (non-hydrogen) atoms. The fourth-order valence-electron chi connectivity index (χ4n) is 2.10. The van der Waals surface area contributed by atoms with E-state index in [0.717, 1.165) is 30.3 Å². The van der Waals surface area contributed by atoms with Crippen molar-refractivity contribution in [1.29, 1.82) is 0 Å². The monoisotopic (exact) mass is 266 g/mol. The second kappa shape index (κ2) is 6.78. The van der Waals surface area contributed by atoms with E-state index in [0.29, 0.717) is 19.2 Å². The molecule has 1 heterocycles. The molecule has 1 aromatic rings. The maximum Gasteiger partial charge on any atom is 0.119 e. The summed E-state index contributed by atoms with van der Waals surface area (Å²) in [5.41, 5.74) is 5.74. The Balaban J connectivity index is 1.78. The van der Waals surface area contributed by atoms with Crippen LogP contribution in [0.1, 0.15) is 6.42 Å². The molecule has 2 rings (SSSR count). The van der Waals surface area contributed by atoms with Crippen LogP contribution in [0.15, 0.2) is 36.4 Å². The van der Waals surface area contributed by atoms with Gasteiger partial charge in [-0.15, -0.1) is 0 Å². The summed E-state index contributed by atoms with van der Waals surface area (Å²) in [5, 5.41) is 0.728. The van der Waals surface area contributed by atoms with Gasteiger partial charge in [0.25, 0.3) is 0 Å². The van der Waals surface area contributed by atoms with E-state index in [4.69, 9.17) is 22.1 Å². The van der Waals surface area contributed by atoms with Gasteiger partial charge in [-0.1, -0.05) is 23.8 Å². The largest absolute Gasteiger partial charge is 0.492 e. The van der Waals surface area contributed by atoms with E-state index in [1.807, 2.05) is 24.3 Å². The maximum absolute atomic E-state index is 5.82. The van der Waals surface area contributed by atoms with Crippen molar-refractivity contribution in [1.82, 2.24) is 4.90 Å². The van der Waals surface area contributed by atoms with Crippen molar-refractivity contribution in [2.75, 3.05) is 26.2 Å². The summed E-state index contributed by atoms with van der Waals surface area (Å²) in [5.74, 6) is 0.858. The zero-order chi connectivity index (χ0) is 12.8. The van der Waals surface area contributed by atoms with Crippen LogP contribution in [0.5, 0.6) is 5.75 Å². The molecule has 98 valence electrons. The van der Waals surface area contributed by atoms with E-state index in [9.17, 15) is 0 Å². The molecule has 0 aliphatic carbocycles. The lowest BCUT2D eigenvalue weighted by Gasteiger charge is -2.31. The smallest absolute Gasteiger partial charge is 0.119 e. The van der Waals surface area contributed by atoms with Gasteiger partial charge in [0.15, 0.2) is 0 Å². The second-order valence-electron chi connectivity index (χ2n) is 4.36. The highest BCUT2D eigenvalue weighted by molar-refractivity contribution is 6.30. The summed E-state index contributed by atoms with van der Waals surface area (Å²) < 4.78 is 5.69. The van der Waals surface area contributed by atoms with Crippen LogP contribution < -0.4 is 10.5 Å². The third-order valence-corrected chi connectivity index (χ3v) is 3.36. The van der Waals surface area contributed by atoms with Gasteiger partial charge in [-0.2, -0.15) is 0 Å². The minimum Gasteiger partial charge on any atom is -0.492 e. The molecule has 1 aliphatic heterocycles. The Kier molecular flexibility index (Phi) is 5.05. The van der Waals surface area contributed by atoms with Crippen molar-refractivity contribution in [3.63, 3.8) is 0 Å². The number of ether oxygens (including phenoxy) is 1. The van der Waals surface area contributed by atoms with Crippen LogP contribution >= 0.6 is 11.6 Å². The average molecular weight is 267 g/mol.